The van der Waals surface area contributed by atoms with Crippen molar-refractivity contribution in [3.05, 3.63) is 70.2 Å². The molecular weight excluding hydrogens is 216 g/mol. The number of hydrogen-bond donors (Lipinski definition) is 0. The highest BCUT2D eigenvalue weighted by molar-refractivity contribution is 6.30. The fraction of sp³-hybridized carbons (Fsp3) is 0.200. The normalized spacial score (nSPS) is 18.4. The molecule has 1 heteroatoms. The minimum atomic E-state index is 0.563. The number of rotatable bonds is 1. The summed E-state index contributed by atoms with van der Waals surface area (Å²) in [5, 5.41) is 0.854. The molecule has 16 heavy (non-hydrogen) atoms. The van der Waals surface area contributed by atoms with E-state index in [0.717, 1.165) is 11.4 Å². The second-order valence-electron chi connectivity index (χ2n) is 4.35. The monoisotopic (exact) mass is 228 g/mol. The SMILES string of the molecule is Clc1ccc2c(c1)CC[C@H]2c1ccccc1. The second kappa shape index (κ2) is 3.95. The molecular formula is C15H13Cl. The van der Waals surface area contributed by atoms with Gasteiger partial charge in [-0.3, -0.25) is 0 Å². The molecule has 0 radical (unpaired) electrons. The Balaban J connectivity index is 2.04. The summed E-state index contributed by atoms with van der Waals surface area (Å²) in [6.07, 6.45) is 2.36. The quantitative estimate of drug-likeness (QED) is 0.678. The van der Waals surface area contributed by atoms with Gasteiger partial charge in [-0.2, -0.15) is 0 Å². The Morgan fingerprint density at radius 2 is 1.81 bits per heavy atom. The van der Waals surface area contributed by atoms with Crippen LogP contribution in [0.5, 0.6) is 0 Å². The zero-order chi connectivity index (χ0) is 11.0. The van der Waals surface area contributed by atoms with Crippen molar-refractivity contribution in [1.29, 1.82) is 0 Å². The highest BCUT2D eigenvalue weighted by atomic mass is 35.5. The van der Waals surface area contributed by atoms with Gasteiger partial charge in [0.1, 0.15) is 0 Å². The fourth-order valence-corrected chi connectivity index (χ4v) is 2.81. The molecule has 0 N–H and O–H groups in total. The van der Waals surface area contributed by atoms with Crippen molar-refractivity contribution in [2.45, 2.75) is 18.8 Å². The molecule has 0 heterocycles. The Bertz CT molecular complexity index is 502. The molecule has 80 valence electrons. The Morgan fingerprint density at radius 1 is 1.00 bits per heavy atom. The molecule has 0 saturated carbocycles. The van der Waals surface area contributed by atoms with Crippen molar-refractivity contribution in [2.24, 2.45) is 0 Å². The van der Waals surface area contributed by atoms with Gasteiger partial charge in [-0.25, -0.2) is 0 Å². The number of fused-ring (bicyclic) bond motifs is 1. The van der Waals surface area contributed by atoms with Crippen LogP contribution in [0.25, 0.3) is 0 Å². The first-order chi connectivity index (χ1) is 7.84. The van der Waals surface area contributed by atoms with Crippen LogP contribution in [-0.2, 0) is 6.42 Å². The lowest BCUT2D eigenvalue weighted by Crippen LogP contribution is -1.95. The van der Waals surface area contributed by atoms with Crippen LogP contribution in [0.15, 0.2) is 48.5 Å². The molecule has 0 unspecified atom stereocenters. The van der Waals surface area contributed by atoms with Gasteiger partial charge in [0.15, 0.2) is 0 Å². The molecule has 0 spiro atoms. The van der Waals surface area contributed by atoms with E-state index in [2.05, 4.69) is 42.5 Å². The molecule has 0 bridgehead atoms. The standard InChI is InChI=1S/C15H13Cl/c16-13-7-9-15-12(10-13)6-8-14(15)11-4-2-1-3-5-11/h1-5,7,9-10,14H,6,8H2/t14-/m0/s1. The van der Waals surface area contributed by atoms with E-state index >= 15 is 0 Å². The maximum absolute atomic E-state index is 6.02. The van der Waals surface area contributed by atoms with Crippen LogP contribution in [0.4, 0.5) is 0 Å². The van der Waals surface area contributed by atoms with E-state index in [1.807, 2.05) is 6.07 Å². The van der Waals surface area contributed by atoms with Gasteiger partial charge in [-0.1, -0.05) is 48.0 Å². The van der Waals surface area contributed by atoms with Gasteiger partial charge in [-0.15, -0.1) is 0 Å². The molecule has 1 aliphatic carbocycles. The third-order valence-corrected chi connectivity index (χ3v) is 3.62. The number of aryl methyl sites for hydroxylation is 1. The maximum atomic E-state index is 6.02. The van der Waals surface area contributed by atoms with Crippen LogP contribution in [0.1, 0.15) is 29.0 Å². The predicted molar refractivity (Wildman–Crippen MR) is 68.1 cm³/mol. The Hall–Kier alpha value is -1.27. The van der Waals surface area contributed by atoms with Gasteiger partial charge in [0.05, 0.1) is 0 Å². The van der Waals surface area contributed by atoms with Crippen molar-refractivity contribution in [3.8, 4) is 0 Å². The summed E-state index contributed by atoms with van der Waals surface area (Å²) in [6.45, 7) is 0. The Labute approximate surface area is 101 Å². The van der Waals surface area contributed by atoms with E-state index in [-0.39, 0.29) is 0 Å². The van der Waals surface area contributed by atoms with Crippen molar-refractivity contribution in [2.75, 3.05) is 0 Å². The highest BCUT2D eigenvalue weighted by Crippen LogP contribution is 2.38. The molecule has 1 atom stereocenters. The van der Waals surface area contributed by atoms with Crippen LogP contribution in [0.3, 0.4) is 0 Å². The van der Waals surface area contributed by atoms with E-state index in [4.69, 9.17) is 11.6 Å². The lowest BCUT2D eigenvalue weighted by molar-refractivity contribution is 0.788. The summed E-state index contributed by atoms with van der Waals surface area (Å²) in [4.78, 5) is 0. The van der Waals surface area contributed by atoms with E-state index in [9.17, 15) is 0 Å². The maximum Gasteiger partial charge on any atom is 0.0408 e. The molecule has 0 amide bonds. The predicted octanol–water partition coefficient (Wildman–Crippen LogP) is 4.42. The lowest BCUT2D eigenvalue weighted by Gasteiger charge is -2.11. The lowest BCUT2D eigenvalue weighted by atomic mass is 9.93. The topological polar surface area (TPSA) is 0 Å². The van der Waals surface area contributed by atoms with Gasteiger partial charge in [0.25, 0.3) is 0 Å². The molecule has 0 nitrogen and oxygen atoms in total. The van der Waals surface area contributed by atoms with Crippen molar-refractivity contribution in [3.63, 3.8) is 0 Å². The van der Waals surface area contributed by atoms with Crippen molar-refractivity contribution in [1.82, 2.24) is 0 Å². The van der Waals surface area contributed by atoms with Gasteiger partial charge in [-0.05, 0) is 41.7 Å². The number of halogens is 1. The first-order valence-electron chi connectivity index (χ1n) is 5.68. The minimum Gasteiger partial charge on any atom is -0.0843 e. The Morgan fingerprint density at radius 3 is 2.62 bits per heavy atom. The summed E-state index contributed by atoms with van der Waals surface area (Å²) in [5.41, 5.74) is 4.29. The summed E-state index contributed by atoms with van der Waals surface area (Å²) in [7, 11) is 0. The molecule has 0 saturated heterocycles. The van der Waals surface area contributed by atoms with Crippen LogP contribution < -0.4 is 0 Å². The first kappa shape index (κ1) is 9.92. The zero-order valence-electron chi connectivity index (χ0n) is 8.99. The summed E-state index contributed by atoms with van der Waals surface area (Å²) in [6, 6.07) is 17.0. The molecule has 2 aromatic rings. The zero-order valence-corrected chi connectivity index (χ0v) is 9.74. The van der Waals surface area contributed by atoms with Gasteiger partial charge < -0.3 is 0 Å². The fourth-order valence-electron chi connectivity index (χ4n) is 2.62. The smallest absolute Gasteiger partial charge is 0.0408 e. The molecule has 2 aromatic carbocycles. The van der Waals surface area contributed by atoms with Crippen LogP contribution >= 0.6 is 11.6 Å². The molecule has 0 fully saturated rings. The number of hydrogen-bond acceptors (Lipinski definition) is 0. The average Bonchev–Trinajstić information content (AvgIpc) is 2.73. The van der Waals surface area contributed by atoms with Crippen molar-refractivity contribution >= 4 is 11.6 Å². The largest absolute Gasteiger partial charge is 0.0843 e. The Kier molecular flexibility index (Phi) is 2.45. The summed E-state index contributed by atoms with van der Waals surface area (Å²) in [5.74, 6) is 0.563. The first-order valence-corrected chi connectivity index (χ1v) is 6.05. The molecule has 1 aliphatic rings. The van der Waals surface area contributed by atoms with E-state index < -0.39 is 0 Å². The van der Waals surface area contributed by atoms with E-state index in [1.165, 1.54) is 23.1 Å². The summed E-state index contributed by atoms with van der Waals surface area (Å²) >= 11 is 6.02. The number of benzene rings is 2. The third-order valence-electron chi connectivity index (χ3n) is 3.38. The second-order valence-corrected chi connectivity index (χ2v) is 4.78. The van der Waals surface area contributed by atoms with Gasteiger partial charge >= 0.3 is 0 Å². The molecule has 0 aliphatic heterocycles. The average molecular weight is 229 g/mol. The third kappa shape index (κ3) is 1.64. The van der Waals surface area contributed by atoms with E-state index in [1.54, 1.807) is 0 Å². The minimum absolute atomic E-state index is 0.563. The molecule has 3 rings (SSSR count). The van der Waals surface area contributed by atoms with Crippen LogP contribution in [0.2, 0.25) is 5.02 Å². The summed E-state index contributed by atoms with van der Waals surface area (Å²) < 4.78 is 0. The van der Waals surface area contributed by atoms with Crippen molar-refractivity contribution < 1.29 is 0 Å². The van der Waals surface area contributed by atoms with E-state index in [0.29, 0.717) is 5.92 Å². The van der Waals surface area contributed by atoms with Gasteiger partial charge in [0, 0.05) is 10.9 Å². The van der Waals surface area contributed by atoms with Gasteiger partial charge in [0.2, 0.25) is 0 Å². The van der Waals surface area contributed by atoms with Crippen LogP contribution in [-0.4, -0.2) is 0 Å². The highest BCUT2D eigenvalue weighted by Gasteiger charge is 2.23. The van der Waals surface area contributed by atoms with Crippen LogP contribution in [0, 0.1) is 0 Å². The molecule has 0 aromatic heterocycles.